The summed E-state index contributed by atoms with van der Waals surface area (Å²) < 4.78 is 1.97. The molecule has 0 amide bonds. The molecule has 3 aromatic carbocycles. The number of aryl methyl sites for hydroxylation is 2. The lowest BCUT2D eigenvalue weighted by molar-refractivity contribution is -0.137. The molecule has 6 rings (SSSR count). The van der Waals surface area contributed by atoms with Gasteiger partial charge in [-0.25, -0.2) is 4.99 Å². The fourth-order valence-corrected chi connectivity index (χ4v) is 6.21. The van der Waals surface area contributed by atoms with Crippen LogP contribution >= 0.6 is 11.3 Å². The summed E-state index contributed by atoms with van der Waals surface area (Å²) in [6, 6.07) is 27.6. The number of nitrogens with zero attached hydrogens (tertiary/aromatic N) is 5. The Morgan fingerprint density at radius 1 is 0.900 bits per heavy atom. The van der Waals surface area contributed by atoms with Crippen LogP contribution in [0.3, 0.4) is 0 Å². The van der Waals surface area contributed by atoms with Crippen LogP contribution in [0, 0.1) is 20.8 Å². The highest BCUT2D eigenvalue weighted by molar-refractivity contribution is 7.15. The third-order valence-corrected chi connectivity index (χ3v) is 8.28. The Morgan fingerprint density at radius 3 is 2.12 bits per heavy atom. The maximum Gasteiger partial charge on any atom is 0.306 e. The fraction of sp³-hybridized carbons (Fsp3) is 0.156. The summed E-state index contributed by atoms with van der Waals surface area (Å²) in [5.74, 6) is 0.329. The lowest BCUT2D eigenvalue weighted by Gasteiger charge is -2.11. The second kappa shape index (κ2) is 10.5. The Labute approximate surface area is 236 Å². The number of carboxylic acids is 1. The molecule has 0 bridgehead atoms. The molecule has 0 spiro atoms. The van der Waals surface area contributed by atoms with E-state index in [1.54, 1.807) is 11.3 Å². The molecular weight excluding hydrogens is 518 g/mol. The summed E-state index contributed by atoms with van der Waals surface area (Å²) in [5, 5.41) is 19.3. The molecule has 3 heterocycles. The Morgan fingerprint density at radius 2 is 1.52 bits per heavy atom. The Bertz CT molecular complexity index is 1730. The van der Waals surface area contributed by atoms with E-state index in [0.717, 1.165) is 49.9 Å². The summed E-state index contributed by atoms with van der Waals surface area (Å²) in [4.78, 5) is 23.0. The highest BCUT2D eigenvalue weighted by Gasteiger charge is 2.32. The normalized spacial score (nSPS) is 14.1. The van der Waals surface area contributed by atoms with E-state index in [9.17, 15) is 9.90 Å². The Hall–Kier alpha value is -4.69. The lowest BCUT2D eigenvalue weighted by Crippen LogP contribution is -2.10. The van der Waals surface area contributed by atoms with Gasteiger partial charge in [0, 0.05) is 27.1 Å². The summed E-state index contributed by atoms with van der Waals surface area (Å²) >= 11 is 1.65. The average molecular weight is 546 g/mol. The van der Waals surface area contributed by atoms with Crippen molar-refractivity contribution in [2.45, 2.75) is 33.2 Å². The smallest absolute Gasteiger partial charge is 0.306 e. The number of aliphatic imine (C=N–C) groups is 2. The van der Waals surface area contributed by atoms with Crippen LogP contribution in [0.5, 0.6) is 0 Å². The van der Waals surface area contributed by atoms with Crippen molar-refractivity contribution in [1.29, 1.82) is 0 Å². The van der Waals surface area contributed by atoms with Crippen molar-refractivity contribution in [3.63, 3.8) is 0 Å². The molecule has 0 fully saturated rings. The van der Waals surface area contributed by atoms with Gasteiger partial charge in [-0.15, -0.1) is 21.5 Å². The first-order valence-electron chi connectivity index (χ1n) is 13.0. The Kier molecular flexibility index (Phi) is 6.69. The highest BCUT2D eigenvalue weighted by Crippen LogP contribution is 2.39. The molecule has 0 unspecified atom stereocenters. The summed E-state index contributed by atoms with van der Waals surface area (Å²) in [5.41, 5.74) is 7.54. The van der Waals surface area contributed by atoms with Crippen molar-refractivity contribution in [2.24, 2.45) is 9.98 Å². The van der Waals surface area contributed by atoms with Crippen LogP contribution in [0.4, 0.5) is 5.69 Å². The molecule has 198 valence electrons. The SMILES string of the molecule is Cc1sc2c(c1C)C(c1ccc(N=C(c3ccccc3)c3ccccc3)cc1)=N[C@@H](CC(=O)O)c1nnc(C)n1-2. The first kappa shape index (κ1) is 25.6. The number of aliphatic carboxylic acids is 1. The van der Waals surface area contributed by atoms with Crippen LogP contribution in [0.15, 0.2) is 94.9 Å². The number of carbonyl (C=O) groups is 1. The van der Waals surface area contributed by atoms with Gasteiger partial charge < -0.3 is 5.11 Å². The van der Waals surface area contributed by atoms with Gasteiger partial charge in [0.15, 0.2) is 5.82 Å². The van der Waals surface area contributed by atoms with Crippen LogP contribution in [-0.2, 0) is 4.79 Å². The van der Waals surface area contributed by atoms with Crippen LogP contribution in [0.1, 0.15) is 56.8 Å². The van der Waals surface area contributed by atoms with Gasteiger partial charge in [-0.3, -0.25) is 14.4 Å². The number of thiophene rings is 1. The van der Waals surface area contributed by atoms with E-state index in [1.165, 1.54) is 4.88 Å². The first-order valence-corrected chi connectivity index (χ1v) is 13.8. The largest absolute Gasteiger partial charge is 0.481 e. The van der Waals surface area contributed by atoms with Gasteiger partial charge in [0.1, 0.15) is 16.9 Å². The molecule has 8 heteroatoms. The zero-order chi connectivity index (χ0) is 27.8. The van der Waals surface area contributed by atoms with Crippen molar-refractivity contribution in [2.75, 3.05) is 0 Å². The van der Waals surface area contributed by atoms with Gasteiger partial charge >= 0.3 is 5.97 Å². The number of carboxylic acid groups (broad SMARTS) is 1. The minimum Gasteiger partial charge on any atom is -0.481 e. The number of fused-ring (bicyclic) bond motifs is 3. The molecule has 40 heavy (non-hydrogen) atoms. The quantitative estimate of drug-likeness (QED) is 0.238. The second-order valence-corrected chi connectivity index (χ2v) is 10.9. The molecule has 0 saturated carbocycles. The van der Waals surface area contributed by atoms with Crippen molar-refractivity contribution in [3.05, 3.63) is 129 Å². The van der Waals surface area contributed by atoms with Crippen LogP contribution in [-0.4, -0.2) is 37.3 Å². The third kappa shape index (κ3) is 4.67. The number of hydrogen-bond donors (Lipinski definition) is 1. The van der Waals surface area contributed by atoms with Crippen LogP contribution in [0.25, 0.3) is 5.00 Å². The van der Waals surface area contributed by atoms with Gasteiger partial charge in [-0.05, 0) is 38.5 Å². The van der Waals surface area contributed by atoms with Crippen LogP contribution in [0.2, 0.25) is 0 Å². The minimum atomic E-state index is -0.933. The lowest BCUT2D eigenvalue weighted by atomic mass is 9.99. The van der Waals surface area contributed by atoms with E-state index in [4.69, 9.17) is 9.98 Å². The van der Waals surface area contributed by atoms with Gasteiger partial charge in [0.2, 0.25) is 0 Å². The molecule has 0 saturated heterocycles. The maximum absolute atomic E-state index is 11.8. The number of rotatable bonds is 6. The van der Waals surface area contributed by atoms with E-state index in [-0.39, 0.29) is 6.42 Å². The van der Waals surface area contributed by atoms with Crippen molar-refractivity contribution >= 4 is 34.4 Å². The van der Waals surface area contributed by atoms with Crippen molar-refractivity contribution in [1.82, 2.24) is 14.8 Å². The van der Waals surface area contributed by atoms with Gasteiger partial charge in [-0.2, -0.15) is 0 Å². The zero-order valence-corrected chi connectivity index (χ0v) is 23.2. The summed E-state index contributed by atoms with van der Waals surface area (Å²) in [6.45, 7) is 6.06. The van der Waals surface area contributed by atoms with E-state index in [1.807, 2.05) is 72.2 Å². The summed E-state index contributed by atoms with van der Waals surface area (Å²) in [6.07, 6.45) is -0.172. The molecule has 1 N–H and O–H groups in total. The maximum atomic E-state index is 11.8. The molecule has 1 aliphatic rings. The van der Waals surface area contributed by atoms with E-state index >= 15 is 0 Å². The van der Waals surface area contributed by atoms with Gasteiger partial charge in [0.05, 0.1) is 23.5 Å². The van der Waals surface area contributed by atoms with Gasteiger partial charge in [0.25, 0.3) is 0 Å². The minimum absolute atomic E-state index is 0.172. The third-order valence-electron chi connectivity index (χ3n) is 7.08. The molecule has 2 aromatic heterocycles. The van der Waals surface area contributed by atoms with Crippen molar-refractivity contribution < 1.29 is 9.90 Å². The van der Waals surface area contributed by atoms with E-state index in [2.05, 4.69) is 48.3 Å². The molecule has 5 aromatic rings. The molecule has 0 radical (unpaired) electrons. The molecule has 1 atom stereocenters. The first-order chi connectivity index (χ1) is 19.4. The number of aromatic nitrogens is 3. The number of benzene rings is 3. The van der Waals surface area contributed by atoms with Crippen molar-refractivity contribution in [3.8, 4) is 5.00 Å². The second-order valence-electron chi connectivity index (χ2n) is 9.73. The average Bonchev–Trinajstić information content (AvgIpc) is 3.44. The van der Waals surface area contributed by atoms with Crippen LogP contribution < -0.4 is 0 Å². The fourth-order valence-electron chi connectivity index (χ4n) is 5.00. The van der Waals surface area contributed by atoms with Gasteiger partial charge in [-0.1, -0.05) is 72.8 Å². The number of hydrogen-bond acceptors (Lipinski definition) is 6. The Balaban J connectivity index is 1.47. The van der Waals surface area contributed by atoms with E-state index in [0.29, 0.717) is 11.6 Å². The summed E-state index contributed by atoms with van der Waals surface area (Å²) in [7, 11) is 0. The molecule has 7 nitrogen and oxygen atoms in total. The predicted octanol–water partition coefficient (Wildman–Crippen LogP) is 6.79. The monoisotopic (exact) mass is 545 g/mol. The van der Waals surface area contributed by atoms with E-state index < -0.39 is 12.0 Å². The predicted molar refractivity (Wildman–Crippen MR) is 159 cm³/mol. The molecular formula is C32H27N5O2S. The standard InChI is InChI=1S/C32H27N5O2S/c1-19-20(2)40-32-28(19)30(34-26(18-27(38)39)31-36-35-21(3)37(31)32)24-14-16-25(17-15-24)33-29(22-10-6-4-7-11-22)23-12-8-5-9-13-23/h4-17,26H,18H2,1-3H3,(H,38,39)/t26-/m0/s1. The molecule has 1 aliphatic heterocycles. The topological polar surface area (TPSA) is 92.7 Å². The molecule has 0 aliphatic carbocycles. The highest BCUT2D eigenvalue weighted by atomic mass is 32.1. The zero-order valence-electron chi connectivity index (χ0n) is 22.4.